The Balaban J connectivity index is 1.93. The van der Waals surface area contributed by atoms with Crippen molar-refractivity contribution < 1.29 is 39.6 Å². The third-order valence-corrected chi connectivity index (χ3v) is 12.3. The van der Waals surface area contributed by atoms with Crippen LogP contribution in [0.5, 0.6) is 0 Å². The molecule has 0 heterocycles. The van der Waals surface area contributed by atoms with E-state index in [0.29, 0.717) is 31.8 Å². The van der Waals surface area contributed by atoms with Crippen molar-refractivity contribution in [2.45, 2.75) is 0 Å². The number of aromatic carboxylic acids is 4. The molecule has 218 valence electrons. The van der Waals surface area contributed by atoms with E-state index in [2.05, 4.69) is 0 Å². The number of rotatable bonds is 10. The van der Waals surface area contributed by atoms with Gasteiger partial charge >= 0.3 is 23.9 Å². The highest BCUT2D eigenvalue weighted by Gasteiger charge is 2.33. The number of hydrogen-bond acceptors (Lipinski definition) is 4. The first kappa shape index (κ1) is 30.3. The van der Waals surface area contributed by atoms with E-state index in [1.807, 2.05) is 0 Å². The summed E-state index contributed by atoms with van der Waals surface area (Å²) in [5.41, 5.74) is -0.0192. The molecule has 44 heavy (non-hydrogen) atoms. The smallest absolute Gasteiger partial charge is 0.336 e. The Morgan fingerprint density at radius 3 is 0.705 bits per heavy atom. The number of carboxylic acids is 4. The predicted octanol–water partition coefficient (Wildman–Crippen LogP) is 4.00. The van der Waals surface area contributed by atoms with Crippen LogP contribution in [-0.2, 0) is 0 Å². The van der Waals surface area contributed by atoms with Crippen LogP contribution in [0.4, 0.5) is 0 Å². The Bertz CT molecular complexity index is 1670. The van der Waals surface area contributed by atoms with E-state index < -0.39 is 39.7 Å². The summed E-state index contributed by atoms with van der Waals surface area (Å²) in [6.45, 7) is 0. The van der Waals surface area contributed by atoms with Crippen LogP contribution in [-0.4, -0.2) is 44.3 Å². The fourth-order valence-corrected chi connectivity index (χ4v) is 10.8. The molecule has 5 aromatic carbocycles. The van der Waals surface area contributed by atoms with Gasteiger partial charge in [-0.3, -0.25) is 0 Å². The summed E-state index contributed by atoms with van der Waals surface area (Å²) < 4.78 is 0. The van der Waals surface area contributed by atoms with Crippen LogP contribution >= 0.6 is 15.8 Å². The van der Waals surface area contributed by atoms with Crippen molar-refractivity contribution in [3.05, 3.63) is 144 Å². The van der Waals surface area contributed by atoms with Crippen molar-refractivity contribution in [2.24, 2.45) is 0 Å². The van der Waals surface area contributed by atoms with Crippen LogP contribution in [0.15, 0.2) is 121 Å². The van der Waals surface area contributed by atoms with Gasteiger partial charge in [-0.2, -0.15) is 0 Å². The summed E-state index contributed by atoms with van der Waals surface area (Å²) in [6, 6.07) is 32.6. The van der Waals surface area contributed by atoms with E-state index >= 15 is 0 Å². The lowest BCUT2D eigenvalue weighted by Crippen LogP contribution is -2.38. The molecule has 8 nitrogen and oxygen atoms in total. The molecule has 5 aromatic rings. The molecular formula is C34H24O8P2. The zero-order valence-electron chi connectivity index (χ0n) is 22.9. The molecular weight excluding hydrogens is 598 g/mol. The van der Waals surface area contributed by atoms with E-state index in [-0.39, 0.29) is 22.3 Å². The van der Waals surface area contributed by atoms with Crippen LogP contribution in [0, 0.1) is 0 Å². The maximum atomic E-state index is 12.5. The summed E-state index contributed by atoms with van der Waals surface area (Å²) in [6.07, 6.45) is 0. The average molecular weight is 623 g/mol. The van der Waals surface area contributed by atoms with E-state index in [0.717, 1.165) is 0 Å². The SMILES string of the molecule is O=C(O)c1ccccc1P(c1ccccc1C(=O)O)c1ccccc1P(c1ccccc1C(=O)O)c1ccccc1C(=O)O. The molecule has 4 N–H and O–H groups in total. The van der Waals surface area contributed by atoms with Crippen molar-refractivity contribution in [1.29, 1.82) is 0 Å². The molecule has 0 radical (unpaired) electrons. The lowest BCUT2D eigenvalue weighted by Gasteiger charge is -2.29. The quantitative estimate of drug-likeness (QED) is 0.171. The van der Waals surface area contributed by atoms with Crippen molar-refractivity contribution in [1.82, 2.24) is 0 Å². The zero-order valence-corrected chi connectivity index (χ0v) is 24.7. The molecule has 0 amide bonds. The van der Waals surface area contributed by atoms with Crippen molar-refractivity contribution in [3.63, 3.8) is 0 Å². The summed E-state index contributed by atoms with van der Waals surface area (Å²) in [5, 5.41) is 43.5. The normalized spacial score (nSPS) is 11.0. The first-order chi connectivity index (χ1) is 21.2. The van der Waals surface area contributed by atoms with Gasteiger partial charge in [0, 0.05) is 0 Å². The summed E-state index contributed by atoms with van der Waals surface area (Å²) in [7, 11) is -3.75. The van der Waals surface area contributed by atoms with Crippen LogP contribution in [0.1, 0.15) is 41.4 Å². The highest BCUT2D eigenvalue weighted by Crippen LogP contribution is 2.41. The lowest BCUT2D eigenvalue weighted by molar-refractivity contribution is 0.0687. The van der Waals surface area contributed by atoms with Crippen LogP contribution in [0.25, 0.3) is 0 Å². The van der Waals surface area contributed by atoms with Crippen LogP contribution < -0.4 is 31.8 Å². The van der Waals surface area contributed by atoms with Gasteiger partial charge in [-0.25, -0.2) is 19.2 Å². The van der Waals surface area contributed by atoms with Crippen LogP contribution in [0.2, 0.25) is 0 Å². The maximum absolute atomic E-state index is 12.5. The first-order valence-corrected chi connectivity index (χ1v) is 15.9. The Morgan fingerprint density at radius 1 is 0.318 bits per heavy atom. The van der Waals surface area contributed by atoms with Crippen LogP contribution in [0.3, 0.4) is 0 Å². The molecule has 0 bridgehead atoms. The molecule has 10 heteroatoms. The molecule has 0 aliphatic rings. The average Bonchev–Trinajstić information content (AvgIpc) is 3.02. The monoisotopic (exact) mass is 622 g/mol. The van der Waals surface area contributed by atoms with E-state index in [1.54, 1.807) is 97.1 Å². The Kier molecular flexibility index (Phi) is 8.96. The molecule has 0 fully saturated rings. The maximum Gasteiger partial charge on any atom is 0.336 e. The molecule has 5 rings (SSSR count). The van der Waals surface area contributed by atoms with Gasteiger partial charge < -0.3 is 20.4 Å². The Labute approximate surface area is 254 Å². The molecule has 0 unspecified atom stereocenters. The highest BCUT2D eigenvalue weighted by atomic mass is 31.1. The molecule has 0 atom stereocenters. The number of benzene rings is 5. The third kappa shape index (κ3) is 5.86. The standard InChI is InChI=1S/C34H24O8P2/c35-31(36)21-11-1-5-15-25(21)43(26-16-6-2-12-22(26)32(37)38)29-19-9-10-20-30(29)44(27-17-7-3-13-23(27)33(39)40)28-18-8-4-14-24(28)34(41)42/h1-20H,(H,35,36)(H,37,38)(H,39,40)(H,41,42). The van der Waals surface area contributed by atoms with Crippen molar-refractivity contribution >= 4 is 71.5 Å². The second-order valence-electron chi connectivity index (χ2n) is 9.45. The zero-order chi connectivity index (χ0) is 31.4. The molecule has 0 aromatic heterocycles. The second kappa shape index (κ2) is 13.0. The third-order valence-electron chi connectivity index (χ3n) is 6.86. The Hall–Kier alpha value is -5.16. The van der Waals surface area contributed by atoms with Gasteiger partial charge in [-0.05, 0) is 71.9 Å². The van der Waals surface area contributed by atoms with E-state index in [9.17, 15) is 39.6 Å². The van der Waals surface area contributed by atoms with Crippen molar-refractivity contribution in [3.8, 4) is 0 Å². The minimum absolute atomic E-state index is 0.00481. The number of carbonyl (C=O) groups is 4. The summed E-state index contributed by atoms with van der Waals surface area (Å²) in [5.74, 6) is -4.75. The Morgan fingerprint density at radius 2 is 0.500 bits per heavy atom. The second-order valence-corrected chi connectivity index (χ2v) is 13.7. The van der Waals surface area contributed by atoms with Gasteiger partial charge in [-0.15, -0.1) is 0 Å². The first-order valence-electron chi connectivity index (χ1n) is 13.2. The van der Waals surface area contributed by atoms with Gasteiger partial charge in [0.25, 0.3) is 0 Å². The van der Waals surface area contributed by atoms with Gasteiger partial charge in [-0.1, -0.05) is 97.1 Å². The minimum atomic E-state index is -1.88. The van der Waals surface area contributed by atoms with E-state index in [4.69, 9.17) is 0 Å². The molecule has 0 saturated carbocycles. The lowest BCUT2D eigenvalue weighted by atomic mass is 10.2. The number of hydrogen-bond donors (Lipinski definition) is 4. The fourth-order valence-electron chi connectivity index (χ4n) is 5.02. The predicted molar refractivity (Wildman–Crippen MR) is 172 cm³/mol. The number of carboxylic acid groups (broad SMARTS) is 4. The van der Waals surface area contributed by atoms with Crippen molar-refractivity contribution in [2.75, 3.05) is 0 Å². The minimum Gasteiger partial charge on any atom is -0.478 e. The molecule has 0 spiro atoms. The van der Waals surface area contributed by atoms with Gasteiger partial charge in [0.05, 0.1) is 22.3 Å². The summed E-state index contributed by atoms with van der Waals surface area (Å²) >= 11 is 0. The largest absolute Gasteiger partial charge is 0.478 e. The van der Waals surface area contributed by atoms with Gasteiger partial charge in [0.15, 0.2) is 0 Å². The highest BCUT2D eigenvalue weighted by molar-refractivity contribution is 7.85. The molecule has 0 saturated heterocycles. The van der Waals surface area contributed by atoms with Gasteiger partial charge in [0.2, 0.25) is 0 Å². The molecule has 0 aliphatic carbocycles. The van der Waals surface area contributed by atoms with E-state index in [1.165, 1.54) is 24.3 Å². The topological polar surface area (TPSA) is 149 Å². The summed E-state index contributed by atoms with van der Waals surface area (Å²) in [4.78, 5) is 49.9. The van der Waals surface area contributed by atoms with Gasteiger partial charge in [0.1, 0.15) is 0 Å². The molecule has 0 aliphatic heterocycles. The fraction of sp³-hybridized carbons (Fsp3) is 0.